The van der Waals surface area contributed by atoms with Crippen LogP contribution in [0.4, 0.5) is 10.1 Å². The number of imidazole rings is 1. The van der Waals surface area contributed by atoms with Crippen LogP contribution in [0, 0.1) is 12.7 Å². The number of amides is 1. The van der Waals surface area contributed by atoms with Gasteiger partial charge in [0.1, 0.15) is 22.9 Å². The highest BCUT2D eigenvalue weighted by Gasteiger charge is 2.19. The number of carbonyl (C=O) groups is 1. The average molecular weight is 313 g/mol. The molecule has 118 valence electrons. The van der Waals surface area contributed by atoms with Crippen molar-refractivity contribution in [1.29, 1.82) is 0 Å². The molecule has 0 saturated heterocycles. The fourth-order valence-corrected chi connectivity index (χ4v) is 2.52. The summed E-state index contributed by atoms with van der Waals surface area (Å²) in [5.41, 5.74) is 2.76. The molecule has 0 radical (unpaired) electrons. The number of benzene rings is 1. The summed E-state index contributed by atoms with van der Waals surface area (Å²) in [5, 5.41) is 12.2. The van der Waals surface area contributed by atoms with Crippen molar-refractivity contribution in [3.8, 4) is 5.75 Å². The third kappa shape index (κ3) is 2.75. The first-order valence-corrected chi connectivity index (χ1v) is 7.27. The molecule has 0 spiro atoms. The fourth-order valence-electron chi connectivity index (χ4n) is 2.52. The van der Waals surface area contributed by atoms with E-state index in [1.165, 1.54) is 28.8 Å². The molecular formula is C17H16FN3O2. The van der Waals surface area contributed by atoms with Crippen LogP contribution in [0.25, 0.3) is 5.65 Å². The Hall–Kier alpha value is -2.89. The average Bonchev–Trinajstić information content (AvgIpc) is 2.87. The van der Waals surface area contributed by atoms with E-state index in [1.54, 1.807) is 19.1 Å². The maximum atomic E-state index is 13.5. The first-order chi connectivity index (χ1) is 11.0. The van der Waals surface area contributed by atoms with E-state index in [-0.39, 0.29) is 11.7 Å². The second kappa shape index (κ2) is 5.72. The largest absolute Gasteiger partial charge is 0.508 e. The molecule has 1 amide bonds. The minimum atomic E-state index is -0.438. The van der Waals surface area contributed by atoms with E-state index in [9.17, 15) is 14.3 Å². The number of anilines is 1. The van der Waals surface area contributed by atoms with Gasteiger partial charge < -0.3 is 10.4 Å². The Bertz CT molecular complexity index is 902. The number of aromatic nitrogens is 2. The molecule has 0 unspecified atom stereocenters. The minimum Gasteiger partial charge on any atom is -0.508 e. The summed E-state index contributed by atoms with van der Waals surface area (Å²) in [6.45, 7) is 3.67. The summed E-state index contributed by atoms with van der Waals surface area (Å²) < 4.78 is 15.0. The van der Waals surface area contributed by atoms with E-state index < -0.39 is 5.82 Å². The maximum Gasteiger partial charge on any atom is 0.274 e. The molecular weight excluding hydrogens is 297 g/mol. The van der Waals surface area contributed by atoms with Crippen molar-refractivity contribution in [2.45, 2.75) is 20.3 Å². The summed E-state index contributed by atoms with van der Waals surface area (Å²) in [5.74, 6) is -0.673. The number of aromatic hydroxyl groups is 1. The van der Waals surface area contributed by atoms with Gasteiger partial charge >= 0.3 is 0 Å². The first kappa shape index (κ1) is 15.0. The van der Waals surface area contributed by atoms with E-state index in [1.807, 2.05) is 6.92 Å². The number of phenolic OH excluding ortho intramolecular Hbond substituents is 1. The predicted molar refractivity (Wildman–Crippen MR) is 85.3 cm³/mol. The number of aryl methyl sites for hydroxylation is 2. The molecule has 0 atom stereocenters. The van der Waals surface area contributed by atoms with E-state index >= 15 is 0 Å². The highest BCUT2D eigenvalue weighted by molar-refractivity contribution is 6.05. The van der Waals surface area contributed by atoms with Crippen molar-refractivity contribution in [2.24, 2.45) is 0 Å². The summed E-state index contributed by atoms with van der Waals surface area (Å²) in [6, 6.07) is 7.53. The smallest absolute Gasteiger partial charge is 0.274 e. The van der Waals surface area contributed by atoms with E-state index in [0.29, 0.717) is 29.1 Å². The van der Waals surface area contributed by atoms with Gasteiger partial charge in [-0.25, -0.2) is 9.37 Å². The Balaban J connectivity index is 2.04. The Kier molecular flexibility index (Phi) is 3.73. The summed E-state index contributed by atoms with van der Waals surface area (Å²) >= 11 is 0. The summed E-state index contributed by atoms with van der Waals surface area (Å²) in [7, 11) is 0. The number of carbonyl (C=O) groups excluding carboxylic acids is 1. The highest BCUT2D eigenvalue weighted by Crippen LogP contribution is 2.22. The SMILES string of the molecule is CCc1nc2ccc(F)cn2c1C(=O)Nc1ccc(O)cc1C. The predicted octanol–water partition coefficient (Wildman–Crippen LogP) is 3.30. The van der Waals surface area contributed by atoms with Gasteiger partial charge in [0.25, 0.3) is 5.91 Å². The molecule has 3 aromatic rings. The number of hydrogen-bond acceptors (Lipinski definition) is 3. The maximum absolute atomic E-state index is 13.5. The van der Waals surface area contributed by atoms with Crippen LogP contribution in [0.2, 0.25) is 0 Å². The van der Waals surface area contributed by atoms with Gasteiger partial charge in [0.2, 0.25) is 0 Å². The molecule has 0 saturated carbocycles. The molecule has 2 heterocycles. The molecule has 3 rings (SSSR count). The van der Waals surface area contributed by atoms with Gasteiger partial charge in [-0.3, -0.25) is 9.20 Å². The third-order valence-electron chi connectivity index (χ3n) is 3.66. The minimum absolute atomic E-state index is 0.131. The first-order valence-electron chi connectivity index (χ1n) is 7.27. The highest BCUT2D eigenvalue weighted by atomic mass is 19.1. The van der Waals surface area contributed by atoms with Crippen LogP contribution in [0.15, 0.2) is 36.5 Å². The lowest BCUT2D eigenvalue weighted by Gasteiger charge is -2.09. The van der Waals surface area contributed by atoms with E-state index in [2.05, 4.69) is 10.3 Å². The summed E-state index contributed by atoms with van der Waals surface area (Å²) in [4.78, 5) is 17.0. The molecule has 5 nitrogen and oxygen atoms in total. The molecule has 0 bridgehead atoms. The lowest BCUT2D eigenvalue weighted by Crippen LogP contribution is -2.17. The van der Waals surface area contributed by atoms with Gasteiger partial charge in [-0.1, -0.05) is 6.92 Å². The van der Waals surface area contributed by atoms with E-state index in [0.717, 1.165) is 5.56 Å². The molecule has 0 fully saturated rings. The normalized spacial score (nSPS) is 10.9. The van der Waals surface area contributed by atoms with Crippen LogP contribution in [-0.4, -0.2) is 20.4 Å². The fraction of sp³-hybridized carbons (Fsp3) is 0.176. The second-order valence-electron chi connectivity index (χ2n) is 5.29. The van der Waals surface area contributed by atoms with Crippen LogP contribution >= 0.6 is 0 Å². The van der Waals surface area contributed by atoms with Gasteiger partial charge in [-0.15, -0.1) is 0 Å². The number of pyridine rings is 1. The zero-order valence-electron chi connectivity index (χ0n) is 12.8. The molecule has 23 heavy (non-hydrogen) atoms. The standard InChI is InChI=1S/C17H16FN3O2/c1-3-13-16(21-9-11(18)4-7-15(21)19-13)17(23)20-14-6-5-12(22)8-10(14)2/h4-9,22H,3H2,1-2H3,(H,20,23). The quantitative estimate of drug-likeness (QED) is 0.729. The molecule has 0 aliphatic carbocycles. The Morgan fingerprint density at radius 1 is 1.35 bits per heavy atom. The number of fused-ring (bicyclic) bond motifs is 1. The number of nitrogens with zero attached hydrogens (tertiary/aromatic N) is 2. The van der Waals surface area contributed by atoms with Gasteiger partial charge in [0, 0.05) is 11.9 Å². The van der Waals surface area contributed by atoms with Gasteiger partial charge in [0.05, 0.1) is 5.69 Å². The van der Waals surface area contributed by atoms with Crippen molar-refractivity contribution in [1.82, 2.24) is 9.38 Å². The lowest BCUT2D eigenvalue weighted by atomic mass is 10.1. The van der Waals surface area contributed by atoms with Crippen molar-refractivity contribution >= 4 is 17.2 Å². The molecule has 1 aromatic carbocycles. The van der Waals surface area contributed by atoms with Crippen molar-refractivity contribution < 1.29 is 14.3 Å². The molecule has 2 N–H and O–H groups in total. The second-order valence-corrected chi connectivity index (χ2v) is 5.29. The Labute approximate surface area is 132 Å². The Morgan fingerprint density at radius 3 is 2.83 bits per heavy atom. The number of phenols is 1. The molecule has 6 heteroatoms. The number of nitrogens with one attached hydrogen (secondary N) is 1. The van der Waals surface area contributed by atoms with E-state index in [4.69, 9.17) is 0 Å². The lowest BCUT2D eigenvalue weighted by molar-refractivity contribution is 0.102. The van der Waals surface area contributed by atoms with Crippen molar-refractivity contribution in [3.05, 3.63) is 59.3 Å². The van der Waals surface area contributed by atoms with Crippen molar-refractivity contribution in [3.63, 3.8) is 0 Å². The number of rotatable bonds is 3. The van der Waals surface area contributed by atoms with Crippen LogP contribution in [0.5, 0.6) is 5.75 Å². The number of halogens is 1. The molecule has 0 aliphatic heterocycles. The van der Waals surface area contributed by atoms with Crippen LogP contribution in [0.1, 0.15) is 28.7 Å². The zero-order chi connectivity index (χ0) is 16.6. The van der Waals surface area contributed by atoms with Crippen molar-refractivity contribution in [2.75, 3.05) is 5.32 Å². The van der Waals surface area contributed by atoms with Crippen LogP contribution in [0.3, 0.4) is 0 Å². The Morgan fingerprint density at radius 2 is 2.13 bits per heavy atom. The third-order valence-corrected chi connectivity index (χ3v) is 3.66. The zero-order valence-corrected chi connectivity index (χ0v) is 12.8. The summed E-state index contributed by atoms with van der Waals surface area (Å²) in [6.07, 6.45) is 1.81. The molecule has 0 aliphatic rings. The van der Waals surface area contributed by atoms with Crippen LogP contribution < -0.4 is 5.32 Å². The van der Waals surface area contributed by atoms with Gasteiger partial charge in [-0.05, 0) is 49.2 Å². The monoisotopic (exact) mass is 313 g/mol. The van der Waals surface area contributed by atoms with Gasteiger partial charge in [-0.2, -0.15) is 0 Å². The molecule has 2 aromatic heterocycles. The van der Waals surface area contributed by atoms with Gasteiger partial charge in [0.15, 0.2) is 0 Å². The topological polar surface area (TPSA) is 66.6 Å². The van der Waals surface area contributed by atoms with Crippen LogP contribution in [-0.2, 0) is 6.42 Å². The number of hydrogen-bond donors (Lipinski definition) is 2.